The number of carbonyl (C=O) groups excluding carboxylic acids is 1. The molecule has 0 saturated heterocycles. The van der Waals surface area contributed by atoms with Gasteiger partial charge in [-0.3, -0.25) is 0 Å². The molecule has 1 aliphatic heterocycles. The van der Waals surface area contributed by atoms with Crippen LogP contribution < -0.4 is 9.47 Å². The molecule has 1 aromatic rings. The van der Waals surface area contributed by atoms with Gasteiger partial charge in [0.2, 0.25) is 18.6 Å². The molecule has 0 amide bonds. The third-order valence-corrected chi connectivity index (χ3v) is 3.41. The molecule has 1 aliphatic carbocycles. The van der Waals surface area contributed by atoms with Gasteiger partial charge in [0, 0.05) is 5.56 Å². The van der Waals surface area contributed by atoms with Crippen LogP contribution in [0.4, 0.5) is 4.39 Å². The number of benzene rings is 1. The number of fused-ring (bicyclic) bond motifs is 1. The molecule has 0 radical (unpaired) electrons. The monoisotopic (exact) mass is 235 g/mol. The van der Waals surface area contributed by atoms with Crippen molar-refractivity contribution >= 4 is 6.08 Å². The number of aliphatic imine (C=N–C) groups is 1. The summed E-state index contributed by atoms with van der Waals surface area (Å²) in [6.07, 6.45) is 4.09. The standard InChI is InChI=1S/C12H10FNO3/c13-9-3-2-8(10-11(9)17-7-16-10)12(14-6-15)4-1-5-12/h2-3H,1,4-5,7H2. The van der Waals surface area contributed by atoms with Crippen LogP contribution in [-0.2, 0) is 10.3 Å². The van der Waals surface area contributed by atoms with Gasteiger partial charge in [-0.1, -0.05) is 0 Å². The van der Waals surface area contributed by atoms with Crippen LogP contribution in [0.3, 0.4) is 0 Å². The lowest BCUT2D eigenvalue weighted by molar-refractivity contribution is 0.166. The molecule has 1 saturated carbocycles. The van der Waals surface area contributed by atoms with E-state index in [0.717, 1.165) is 24.8 Å². The first-order valence-corrected chi connectivity index (χ1v) is 5.44. The summed E-state index contributed by atoms with van der Waals surface area (Å²) in [5, 5.41) is 0. The molecule has 0 unspecified atom stereocenters. The van der Waals surface area contributed by atoms with Gasteiger partial charge in [-0.05, 0) is 31.4 Å². The van der Waals surface area contributed by atoms with Crippen LogP contribution in [0.25, 0.3) is 0 Å². The van der Waals surface area contributed by atoms with E-state index in [2.05, 4.69) is 4.99 Å². The molecule has 2 aliphatic rings. The molecule has 0 N–H and O–H groups in total. The predicted octanol–water partition coefficient (Wildman–Crippen LogP) is 2.27. The van der Waals surface area contributed by atoms with Gasteiger partial charge in [-0.25, -0.2) is 9.18 Å². The van der Waals surface area contributed by atoms with Gasteiger partial charge in [0.25, 0.3) is 0 Å². The maximum absolute atomic E-state index is 13.5. The minimum Gasteiger partial charge on any atom is -0.453 e. The second-order valence-corrected chi connectivity index (χ2v) is 4.25. The second kappa shape index (κ2) is 3.57. The highest BCUT2D eigenvalue weighted by Crippen LogP contribution is 2.52. The van der Waals surface area contributed by atoms with E-state index in [0.29, 0.717) is 5.75 Å². The quantitative estimate of drug-likeness (QED) is 0.583. The Kier molecular flexibility index (Phi) is 2.16. The lowest BCUT2D eigenvalue weighted by Gasteiger charge is -2.37. The molecule has 5 heteroatoms. The molecule has 0 spiro atoms. The van der Waals surface area contributed by atoms with Gasteiger partial charge in [0.1, 0.15) is 5.54 Å². The average Bonchev–Trinajstić information content (AvgIpc) is 2.74. The highest BCUT2D eigenvalue weighted by Gasteiger charge is 2.43. The van der Waals surface area contributed by atoms with E-state index < -0.39 is 11.4 Å². The van der Waals surface area contributed by atoms with Crippen LogP contribution in [-0.4, -0.2) is 12.9 Å². The van der Waals surface area contributed by atoms with Crippen LogP contribution in [0.2, 0.25) is 0 Å². The highest BCUT2D eigenvalue weighted by molar-refractivity contribution is 5.54. The molecule has 88 valence electrons. The molecule has 3 rings (SSSR count). The third kappa shape index (κ3) is 1.36. The molecule has 1 fully saturated rings. The smallest absolute Gasteiger partial charge is 0.235 e. The number of hydrogen-bond donors (Lipinski definition) is 0. The number of nitrogens with zero attached hydrogens (tertiary/aromatic N) is 1. The Bertz CT molecular complexity index is 519. The topological polar surface area (TPSA) is 47.9 Å². The van der Waals surface area contributed by atoms with Crippen molar-refractivity contribution in [2.45, 2.75) is 24.8 Å². The number of ether oxygens (including phenoxy) is 2. The van der Waals surface area contributed by atoms with E-state index in [-0.39, 0.29) is 12.5 Å². The Labute approximate surface area is 97.1 Å². The van der Waals surface area contributed by atoms with Gasteiger partial charge >= 0.3 is 0 Å². The third-order valence-electron chi connectivity index (χ3n) is 3.41. The van der Waals surface area contributed by atoms with E-state index in [9.17, 15) is 9.18 Å². The number of rotatable bonds is 2. The van der Waals surface area contributed by atoms with E-state index in [1.165, 1.54) is 6.07 Å². The van der Waals surface area contributed by atoms with Crippen molar-refractivity contribution in [2.24, 2.45) is 4.99 Å². The summed E-state index contributed by atoms with van der Waals surface area (Å²) in [5.41, 5.74) is 0.133. The first kappa shape index (κ1) is 10.3. The minimum atomic E-state index is -0.590. The summed E-state index contributed by atoms with van der Waals surface area (Å²) >= 11 is 0. The van der Waals surface area contributed by atoms with E-state index in [1.807, 2.05) is 0 Å². The van der Waals surface area contributed by atoms with Crippen LogP contribution in [0, 0.1) is 5.82 Å². The van der Waals surface area contributed by atoms with E-state index in [1.54, 1.807) is 12.1 Å². The number of isocyanates is 1. The van der Waals surface area contributed by atoms with Crippen molar-refractivity contribution in [2.75, 3.05) is 6.79 Å². The fourth-order valence-corrected chi connectivity index (χ4v) is 2.37. The van der Waals surface area contributed by atoms with Crippen LogP contribution >= 0.6 is 0 Å². The molecule has 0 bridgehead atoms. The zero-order valence-electron chi connectivity index (χ0n) is 9.03. The van der Waals surface area contributed by atoms with Crippen molar-refractivity contribution in [3.05, 3.63) is 23.5 Å². The van der Waals surface area contributed by atoms with E-state index >= 15 is 0 Å². The Hall–Kier alpha value is -1.87. The summed E-state index contributed by atoms with van der Waals surface area (Å²) in [4.78, 5) is 14.4. The Morgan fingerprint density at radius 2 is 2.06 bits per heavy atom. The van der Waals surface area contributed by atoms with Crippen molar-refractivity contribution < 1.29 is 18.7 Å². The van der Waals surface area contributed by atoms with Crippen LogP contribution in [0.5, 0.6) is 11.5 Å². The average molecular weight is 235 g/mol. The molecule has 0 atom stereocenters. The van der Waals surface area contributed by atoms with Crippen molar-refractivity contribution in [1.29, 1.82) is 0 Å². The fraction of sp³-hybridized carbons (Fsp3) is 0.417. The Balaban J connectivity index is 2.15. The highest BCUT2D eigenvalue weighted by atomic mass is 19.1. The van der Waals surface area contributed by atoms with Crippen LogP contribution in [0.15, 0.2) is 17.1 Å². The number of halogens is 1. The summed E-state index contributed by atoms with van der Waals surface area (Å²) in [6.45, 7) is 0.00412. The summed E-state index contributed by atoms with van der Waals surface area (Å²) in [6, 6.07) is 2.94. The van der Waals surface area contributed by atoms with Gasteiger partial charge in [-0.15, -0.1) is 0 Å². The molecule has 1 aromatic carbocycles. The molecular formula is C12H10FNO3. The zero-order valence-corrected chi connectivity index (χ0v) is 9.03. The predicted molar refractivity (Wildman–Crippen MR) is 56.2 cm³/mol. The largest absolute Gasteiger partial charge is 0.453 e. The molecule has 0 aromatic heterocycles. The lowest BCUT2D eigenvalue weighted by atomic mass is 9.72. The first-order valence-electron chi connectivity index (χ1n) is 5.44. The van der Waals surface area contributed by atoms with E-state index in [4.69, 9.17) is 9.47 Å². The van der Waals surface area contributed by atoms with Crippen molar-refractivity contribution in [3.63, 3.8) is 0 Å². The summed E-state index contributed by atoms with van der Waals surface area (Å²) < 4.78 is 23.8. The van der Waals surface area contributed by atoms with Gasteiger partial charge in [0.15, 0.2) is 11.6 Å². The normalized spacial score (nSPS) is 19.4. The van der Waals surface area contributed by atoms with Gasteiger partial charge in [0.05, 0.1) is 0 Å². The molecule has 1 heterocycles. The lowest BCUT2D eigenvalue weighted by Crippen LogP contribution is -2.32. The zero-order chi connectivity index (χ0) is 11.9. The fourth-order valence-electron chi connectivity index (χ4n) is 2.37. The van der Waals surface area contributed by atoms with Gasteiger partial charge < -0.3 is 9.47 Å². The van der Waals surface area contributed by atoms with Crippen LogP contribution in [0.1, 0.15) is 24.8 Å². The van der Waals surface area contributed by atoms with Gasteiger partial charge in [-0.2, -0.15) is 4.99 Å². The second-order valence-electron chi connectivity index (χ2n) is 4.25. The number of hydrogen-bond acceptors (Lipinski definition) is 4. The Morgan fingerprint density at radius 3 is 2.71 bits per heavy atom. The minimum absolute atomic E-state index is 0.00412. The SMILES string of the molecule is O=C=NC1(c2ccc(F)c3c2OCO3)CCC1. The maximum Gasteiger partial charge on any atom is 0.235 e. The molecular weight excluding hydrogens is 225 g/mol. The summed E-state index contributed by atoms with van der Waals surface area (Å²) in [5.74, 6) is 0.0457. The first-order chi connectivity index (χ1) is 8.27. The summed E-state index contributed by atoms with van der Waals surface area (Å²) in [7, 11) is 0. The molecule has 4 nitrogen and oxygen atoms in total. The van der Waals surface area contributed by atoms with Crippen molar-refractivity contribution in [3.8, 4) is 11.5 Å². The Morgan fingerprint density at radius 1 is 1.29 bits per heavy atom. The maximum atomic E-state index is 13.5. The molecule has 17 heavy (non-hydrogen) atoms. The van der Waals surface area contributed by atoms with Crippen molar-refractivity contribution in [1.82, 2.24) is 0 Å².